The molecule has 3 atom stereocenters. The lowest BCUT2D eigenvalue weighted by Crippen LogP contribution is -2.27. The first-order valence-corrected chi connectivity index (χ1v) is 9.78. The maximum Gasteiger partial charge on any atom is 0.105 e. The van der Waals surface area contributed by atoms with Gasteiger partial charge in [0.2, 0.25) is 0 Å². The van der Waals surface area contributed by atoms with E-state index in [-0.39, 0.29) is 18.0 Å². The van der Waals surface area contributed by atoms with E-state index in [1.54, 1.807) is 0 Å². The molecule has 1 heterocycles. The summed E-state index contributed by atoms with van der Waals surface area (Å²) in [5.74, 6) is 1.07. The first kappa shape index (κ1) is 18.1. The number of aliphatic imine (C=N–C) groups is 1. The third kappa shape index (κ3) is 3.73. The fourth-order valence-electron chi connectivity index (χ4n) is 3.52. The van der Waals surface area contributed by atoms with E-state index in [4.69, 9.17) is 28.2 Å². The smallest absolute Gasteiger partial charge is 0.105 e. The molecule has 2 nitrogen and oxygen atoms in total. The molecule has 1 aliphatic heterocycles. The van der Waals surface area contributed by atoms with Gasteiger partial charge in [0.05, 0.1) is 16.1 Å². The number of halogens is 2. The number of benzene rings is 3. The normalized spacial score (nSPS) is 20.0. The van der Waals surface area contributed by atoms with Gasteiger partial charge in [-0.3, -0.25) is 4.99 Å². The zero-order chi connectivity index (χ0) is 18.8. The molecule has 3 aromatic rings. The van der Waals surface area contributed by atoms with Crippen LogP contribution in [0.5, 0.6) is 0 Å². The van der Waals surface area contributed by atoms with E-state index >= 15 is 0 Å². The molecule has 0 amide bonds. The largest absolute Gasteiger partial charge is 0.364 e. The van der Waals surface area contributed by atoms with Crippen LogP contribution >= 0.6 is 23.2 Å². The predicted octanol–water partition coefficient (Wildman–Crippen LogP) is 6.58. The van der Waals surface area contributed by atoms with Crippen LogP contribution in [-0.2, 0) is 0 Å². The van der Waals surface area contributed by atoms with Crippen LogP contribution in [0.15, 0.2) is 83.9 Å². The Balaban J connectivity index is 1.70. The number of hydrogen-bond donors (Lipinski definition) is 1. The molecule has 3 unspecified atom stereocenters. The number of nitrogens with zero attached hydrogens (tertiary/aromatic N) is 1. The third-order valence-corrected chi connectivity index (χ3v) is 5.79. The van der Waals surface area contributed by atoms with Crippen molar-refractivity contribution in [2.24, 2.45) is 4.99 Å². The standard InChI is InChI=1S/C23H20Cl2N2/c1-15(18-12-13-19(24)20(25)14-18)23-26-21(16-8-4-2-5-9-16)22(27-23)17-10-6-3-7-11-17/h2-15,21-22H,1H3,(H,26,27). The van der Waals surface area contributed by atoms with Gasteiger partial charge >= 0.3 is 0 Å². The average molecular weight is 395 g/mol. The molecule has 0 aromatic heterocycles. The van der Waals surface area contributed by atoms with E-state index in [2.05, 4.69) is 60.8 Å². The fraction of sp³-hybridized carbons (Fsp3) is 0.174. The van der Waals surface area contributed by atoms with E-state index in [0.29, 0.717) is 10.0 Å². The number of hydrogen-bond acceptors (Lipinski definition) is 2. The molecule has 4 heteroatoms. The van der Waals surface area contributed by atoms with Crippen molar-refractivity contribution in [3.8, 4) is 0 Å². The molecule has 0 radical (unpaired) electrons. The van der Waals surface area contributed by atoms with Gasteiger partial charge in [-0.15, -0.1) is 0 Å². The highest BCUT2D eigenvalue weighted by Gasteiger charge is 2.33. The lowest BCUT2D eigenvalue weighted by Gasteiger charge is -2.20. The summed E-state index contributed by atoms with van der Waals surface area (Å²) in [6.07, 6.45) is 0. The van der Waals surface area contributed by atoms with E-state index in [9.17, 15) is 0 Å². The topological polar surface area (TPSA) is 24.4 Å². The summed E-state index contributed by atoms with van der Waals surface area (Å²) in [5.41, 5.74) is 3.53. The van der Waals surface area contributed by atoms with Crippen LogP contribution in [0, 0.1) is 0 Å². The summed E-state index contributed by atoms with van der Waals surface area (Å²) in [4.78, 5) is 5.07. The van der Waals surface area contributed by atoms with Gasteiger partial charge in [-0.05, 0) is 28.8 Å². The Labute approximate surface area is 169 Å². The minimum atomic E-state index is 0.0359. The highest BCUT2D eigenvalue weighted by Crippen LogP contribution is 2.38. The molecule has 136 valence electrons. The molecule has 0 bridgehead atoms. The lowest BCUT2D eigenvalue weighted by molar-refractivity contribution is 0.571. The number of nitrogens with one attached hydrogen (secondary N) is 1. The molecule has 0 fully saturated rings. The summed E-state index contributed by atoms with van der Waals surface area (Å²) >= 11 is 12.3. The maximum atomic E-state index is 6.22. The first-order chi connectivity index (χ1) is 13.1. The molecule has 3 aromatic carbocycles. The van der Waals surface area contributed by atoms with Crippen molar-refractivity contribution in [3.63, 3.8) is 0 Å². The van der Waals surface area contributed by atoms with Gasteiger partial charge in [0.25, 0.3) is 0 Å². The Kier molecular flexibility index (Phi) is 5.20. The first-order valence-electron chi connectivity index (χ1n) is 9.02. The Morgan fingerprint density at radius 1 is 0.815 bits per heavy atom. The van der Waals surface area contributed by atoms with Gasteiger partial charge in [0.1, 0.15) is 11.9 Å². The lowest BCUT2D eigenvalue weighted by atomic mass is 9.95. The van der Waals surface area contributed by atoms with E-state index in [0.717, 1.165) is 11.4 Å². The zero-order valence-electron chi connectivity index (χ0n) is 14.9. The Bertz CT molecular complexity index is 955. The monoisotopic (exact) mass is 394 g/mol. The van der Waals surface area contributed by atoms with Crippen molar-refractivity contribution in [2.45, 2.75) is 24.9 Å². The predicted molar refractivity (Wildman–Crippen MR) is 114 cm³/mol. The molecule has 0 aliphatic carbocycles. The number of rotatable bonds is 4. The minimum absolute atomic E-state index is 0.0359. The second-order valence-electron chi connectivity index (χ2n) is 6.80. The summed E-state index contributed by atoms with van der Waals surface area (Å²) in [6, 6.07) is 26.8. The van der Waals surface area contributed by atoms with Crippen LogP contribution in [0.3, 0.4) is 0 Å². The Hall–Kier alpha value is -2.29. The Morgan fingerprint density at radius 3 is 2.07 bits per heavy atom. The minimum Gasteiger partial charge on any atom is -0.364 e. The SMILES string of the molecule is CC(C1=NC(c2ccccc2)C(c2ccccc2)N1)c1ccc(Cl)c(Cl)c1. The van der Waals surface area contributed by atoms with Gasteiger partial charge in [-0.25, -0.2) is 0 Å². The van der Waals surface area contributed by atoms with Crippen molar-refractivity contribution in [1.29, 1.82) is 0 Å². The second-order valence-corrected chi connectivity index (χ2v) is 7.61. The molecule has 4 rings (SSSR count). The van der Waals surface area contributed by atoms with Crippen LogP contribution < -0.4 is 5.32 Å². The highest BCUT2D eigenvalue weighted by atomic mass is 35.5. The quantitative estimate of drug-likeness (QED) is 0.530. The van der Waals surface area contributed by atoms with Crippen LogP contribution in [-0.4, -0.2) is 5.84 Å². The van der Waals surface area contributed by atoms with Crippen LogP contribution in [0.25, 0.3) is 0 Å². The van der Waals surface area contributed by atoms with Crippen LogP contribution in [0.2, 0.25) is 10.0 Å². The molecule has 0 saturated heterocycles. The van der Waals surface area contributed by atoms with Crippen molar-refractivity contribution in [1.82, 2.24) is 5.32 Å². The van der Waals surface area contributed by atoms with Crippen LogP contribution in [0.4, 0.5) is 0 Å². The van der Waals surface area contributed by atoms with Gasteiger partial charge in [0.15, 0.2) is 0 Å². The second kappa shape index (κ2) is 7.75. The fourth-order valence-corrected chi connectivity index (χ4v) is 3.83. The molecule has 0 saturated carbocycles. The van der Waals surface area contributed by atoms with Gasteiger partial charge < -0.3 is 5.32 Å². The molecule has 27 heavy (non-hydrogen) atoms. The van der Waals surface area contributed by atoms with E-state index < -0.39 is 0 Å². The van der Waals surface area contributed by atoms with E-state index in [1.165, 1.54) is 11.1 Å². The average Bonchev–Trinajstić information content (AvgIpc) is 3.16. The Morgan fingerprint density at radius 2 is 1.44 bits per heavy atom. The van der Waals surface area contributed by atoms with Gasteiger partial charge in [-0.2, -0.15) is 0 Å². The molecule has 1 aliphatic rings. The molecular formula is C23H20Cl2N2. The summed E-state index contributed by atoms with van der Waals surface area (Å²) in [7, 11) is 0. The van der Waals surface area contributed by atoms with Crippen molar-refractivity contribution >= 4 is 29.0 Å². The summed E-state index contributed by atoms with van der Waals surface area (Å²) in [6.45, 7) is 2.14. The molecular weight excluding hydrogens is 375 g/mol. The van der Waals surface area contributed by atoms with Crippen molar-refractivity contribution < 1.29 is 0 Å². The van der Waals surface area contributed by atoms with E-state index in [1.807, 2.05) is 30.3 Å². The maximum absolute atomic E-state index is 6.22. The van der Waals surface area contributed by atoms with Crippen molar-refractivity contribution in [2.75, 3.05) is 0 Å². The van der Waals surface area contributed by atoms with Crippen molar-refractivity contribution in [3.05, 3.63) is 106 Å². The molecule has 1 N–H and O–H groups in total. The van der Waals surface area contributed by atoms with Gasteiger partial charge in [-0.1, -0.05) is 96.9 Å². The van der Waals surface area contributed by atoms with Crippen LogP contribution in [0.1, 0.15) is 41.6 Å². The third-order valence-electron chi connectivity index (χ3n) is 5.05. The summed E-state index contributed by atoms with van der Waals surface area (Å²) in [5, 5.41) is 4.80. The number of amidine groups is 1. The van der Waals surface area contributed by atoms with Gasteiger partial charge in [0, 0.05) is 5.92 Å². The molecule has 0 spiro atoms. The zero-order valence-corrected chi connectivity index (χ0v) is 16.5. The highest BCUT2D eigenvalue weighted by molar-refractivity contribution is 6.42. The summed E-state index contributed by atoms with van der Waals surface area (Å²) < 4.78 is 0.